The fraction of sp³-hybridized carbons (Fsp3) is 0.125. The Balaban J connectivity index is 1.82. The Morgan fingerprint density at radius 3 is 2.96 bits per heavy atom. The number of hydrogen-bond donors (Lipinski definition) is 1. The number of nitrogens with zero attached hydrogens (tertiary/aromatic N) is 2. The minimum Gasteiger partial charge on any atom is -0.347 e. The molecule has 3 aromatic rings. The third-order valence-electron chi connectivity index (χ3n) is 3.35. The summed E-state index contributed by atoms with van der Waals surface area (Å²) in [6.45, 7) is 0.249. The van der Waals surface area contributed by atoms with Gasteiger partial charge in [0.05, 0.1) is 10.5 Å². The molecule has 0 saturated heterocycles. The van der Waals surface area contributed by atoms with E-state index in [1.807, 2.05) is 35.1 Å². The highest BCUT2D eigenvalue weighted by molar-refractivity contribution is 7.98. The Morgan fingerprint density at radius 2 is 2.22 bits per heavy atom. The monoisotopic (exact) mass is 349 g/mol. The SMILES string of the molecule is CSc1nc(C(=O)NCc2ccc(F)c(Cl)c2)c2ccccn12. The van der Waals surface area contributed by atoms with E-state index in [9.17, 15) is 9.18 Å². The zero-order valence-corrected chi connectivity index (χ0v) is 13.8. The van der Waals surface area contributed by atoms with Crippen LogP contribution in [0.15, 0.2) is 47.8 Å². The summed E-state index contributed by atoms with van der Waals surface area (Å²) < 4.78 is 15.0. The third-order valence-corrected chi connectivity index (χ3v) is 4.29. The summed E-state index contributed by atoms with van der Waals surface area (Å²) >= 11 is 7.21. The van der Waals surface area contributed by atoms with Gasteiger partial charge >= 0.3 is 0 Å². The van der Waals surface area contributed by atoms with Crippen LogP contribution in [0.5, 0.6) is 0 Å². The number of benzene rings is 1. The van der Waals surface area contributed by atoms with Gasteiger partial charge in [-0.05, 0) is 36.1 Å². The molecule has 1 aromatic carbocycles. The van der Waals surface area contributed by atoms with Crippen LogP contribution in [0.3, 0.4) is 0 Å². The summed E-state index contributed by atoms with van der Waals surface area (Å²) in [5.41, 5.74) is 1.83. The van der Waals surface area contributed by atoms with Crippen molar-refractivity contribution in [1.82, 2.24) is 14.7 Å². The molecule has 1 amide bonds. The first-order valence-corrected chi connectivity index (χ1v) is 8.43. The average molecular weight is 350 g/mol. The van der Waals surface area contributed by atoms with Crippen LogP contribution >= 0.6 is 23.4 Å². The second kappa shape index (κ2) is 6.60. The molecule has 0 aliphatic heterocycles. The molecule has 23 heavy (non-hydrogen) atoms. The minimum atomic E-state index is -0.480. The lowest BCUT2D eigenvalue weighted by atomic mass is 10.2. The van der Waals surface area contributed by atoms with Crippen LogP contribution in [0.2, 0.25) is 5.02 Å². The average Bonchev–Trinajstić information content (AvgIpc) is 2.94. The zero-order chi connectivity index (χ0) is 16.4. The number of carbonyl (C=O) groups excluding carboxylic acids is 1. The van der Waals surface area contributed by atoms with Crippen LogP contribution in [0.4, 0.5) is 4.39 Å². The molecule has 0 unspecified atom stereocenters. The highest BCUT2D eigenvalue weighted by atomic mass is 35.5. The Kier molecular flexibility index (Phi) is 4.54. The topological polar surface area (TPSA) is 46.4 Å². The number of rotatable bonds is 4. The van der Waals surface area contributed by atoms with Crippen molar-refractivity contribution < 1.29 is 9.18 Å². The molecule has 0 bridgehead atoms. The van der Waals surface area contributed by atoms with E-state index in [0.717, 1.165) is 16.2 Å². The summed E-state index contributed by atoms with van der Waals surface area (Å²) in [7, 11) is 0. The van der Waals surface area contributed by atoms with Crippen molar-refractivity contribution >= 4 is 34.8 Å². The van der Waals surface area contributed by atoms with Crippen molar-refractivity contribution in [3.05, 3.63) is 64.7 Å². The summed E-state index contributed by atoms with van der Waals surface area (Å²) in [6, 6.07) is 9.95. The van der Waals surface area contributed by atoms with E-state index in [4.69, 9.17) is 11.6 Å². The second-order valence-electron chi connectivity index (χ2n) is 4.83. The van der Waals surface area contributed by atoms with Gasteiger partial charge in [-0.1, -0.05) is 35.5 Å². The first-order chi connectivity index (χ1) is 11.1. The number of hydrogen-bond acceptors (Lipinski definition) is 3. The van der Waals surface area contributed by atoms with Gasteiger partial charge in [0.15, 0.2) is 10.9 Å². The number of fused-ring (bicyclic) bond motifs is 1. The molecular weight excluding hydrogens is 337 g/mol. The van der Waals surface area contributed by atoms with Crippen LogP contribution in [0.25, 0.3) is 5.52 Å². The van der Waals surface area contributed by atoms with Gasteiger partial charge in [-0.2, -0.15) is 0 Å². The highest BCUT2D eigenvalue weighted by Gasteiger charge is 2.16. The van der Waals surface area contributed by atoms with Gasteiger partial charge in [0.25, 0.3) is 5.91 Å². The van der Waals surface area contributed by atoms with Crippen molar-refractivity contribution in [1.29, 1.82) is 0 Å². The number of nitrogens with one attached hydrogen (secondary N) is 1. The van der Waals surface area contributed by atoms with Crippen LogP contribution in [0.1, 0.15) is 16.1 Å². The third kappa shape index (κ3) is 3.18. The van der Waals surface area contributed by atoms with Gasteiger partial charge in [-0.25, -0.2) is 9.37 Å². The Labute approximate surface area is 141 Å². The number of halogens is 2. The number of imidazole rings is 1. The summed E-state index contributed by atoms with van der Waals surface area (Å²) in [6.07, 6.45) is 3.77. The summed E-state index contributed by atoms with van der Waals surface area (Å²) in [4.78, 5) is 16.8. The van der Waals surface area contributed by atoms with Crippen molar-refractivity contribution in [2.45, 2.75) is 11.7 Å². The number of amides is 1. The van der Waals surface area contributed by atoms with E-state index >= 15 is 0 Å². The van der Waals surface area contributed by atoms with Crippen LogP contribution in [0, 0.1) is 5.82 Å². The minimum absolute atomic E-state index is 0.0360. The molecule has 0 aliphatic carbocycles. The predicted octanol–water partition coefficient (Wildman–Crippen LogP) is 3.78. The van der Waals surface area contributed by atoms with Gasteiger partial charge in [0.2, 0.25) is 0 Å². The Bertz CT molecular complexity index is 881. The van der Waals surface area contributed by atoms with Gasteiger partial charge in [0.1, 0.15) is 5.82 Å². The molecule has 3 rings (SSSR count). The first kappa shape index (κ1) is 15.8. The second-order valence-corrected chi connectivity index (χ2v) is 6.01. The van der Waals surface area contributed by atoms with Crippen molar-refractivity contribution in [2.24, 2.45) is 0 Å². The Morgan fingerprint density at radius 1 is 1.39 bits per heavy atom. The number of aromatic nitrogens is 2. The molecule has 0 aliphatic rings. The maximum absolute atomic E-state index is 13.1. The zero-order valence-electron chi connectivity index (χ0n) is 12.2. The smallest absolute Gasteiger partial charge is 0.272 e. The van der Waals surface area contributed by atoms with E-state index in [1.165, 1.54) is 23.9 Å². The lowest BCUT2D eigenvalue weighted by molar-refractivity contribution is 0.0947. The molecule has 1 N–H and O–H groups in total. The van der Waals surface area contributed by atoms with Crippen molar-refractivity contribution in [2.75, 3.05) is 6.26 Å². The lowest BCUT2D eigenvalue weighted by Crippen LogP contribution is -2.23. The predicted molar refractivity (Wildman–Crippen MR) is 89.6 cm³/mol. The van der Waals surface area contributed by atoms with E-state index in [0.29, 0.717) is 5.69 Å². The molecular formula is C16H13ClFN3OS. The Hall–Kier alpha value is -2.05. The molecule has 0 saturated carbocycles. The van der Waals surface area contributed by atoms with E-state index in [2.05, 4.69) is 10.3 Å². The molecule has 0 radical (unpaired) electrons. The highest BCUT2D eigenvalue weighted by Crippen LogP contribution is 2.20. The fourth-order valence-corrected chi connectivity index (χ4v) is 2.98. The fourth-order valence-electron chi connectivity index (χ4n) is 2.24. The molecule has 0 fully saturated rings. The number of thioether (sulfide) groups is 1. The van der Waals surface area contributed by atoms with Gasteiger partial charge in [-0.3, -0.25) is 9.20 Å². The van der Waals surface area contributed by atoms with Gasteiger partial charge in [-0.15, -0.1) is 0 Å². The number of pyridine rings is 1. The van der Waals surface area contributed by atoms with Crippen LogP contribution in [-0.4, -0.2) is 21.5 Å². The molecule has 4 nitrogen and oxygen atoms in total. The molecule has 0 atom stereocenters. The van der Waals surface area contributed by atoms with Crippen LogP contribution in [-0.2, 0) is 6.54 Å². The maximum atomic E-state index is 13.1. The van der Waals surface area contributed by atoms with Crippen molar-refractivity contribution in [3.63, 3.8) is 0 Å². The van der Waals surface area contributed by atoms with E-state index in [-0.39, 0.29) is 17.5 Å². The van der Waals surface area contributed by atoms with Crippen LogP contribution < -0.4 is 5.32 Å². The largest absolute Gasteiger partial charge is 0.347 e. The molecule has 2 aromatic heterocycles. The normalized spacial score (nSPS) is 10.9. The van der Waals surface area contributed by atoms with Gasteiger partial charge < -0.3 is 5.32 Å². The van der Waals surface area contributed by atoms with E-state index < -0.39 is 5.82 Å². The van der Waals surface area contributed by atoms with E-state index in [1.54, 1.807) is 6.07 Å². The van der Waals surface area contributed by atoms with Gasteiger partial charge in [0, 0.05) is 12.7 Å². The lowest BCUT2D eigenvalue weighted by Gasteiger charge is -2.05. The summed E-state index contributed by atoms with van der Waals surface area (Å²) in [5, 5.41) is 3.57. The quantitative estimate of drug-likeness (QED) is 0.729. The molecule has 7 heteroatoms. The molecule has 2 heterocycles. The van der Waals surface area contributed by atoms with Crippen molar-refractivity contribution in [3.8, 4) is 0 Å². The number of carbonyl (C=O) groups is 1. The molecule has 118 valence electrons. The standard InChI is InChI=1S/C16H13ClFN3OS/c1-23-16-20-14(13-4-2-3-7-21(13)16)15(22)19-9-10-5-6-12(18)11(17)8-10/h2-8H,9H2,1H3,(H,19,22). The maximum Gasteiger partial charge on any atom is 0.272 e. The molecule has 0 spiro atoms. The first-order valence-electron chi connectivity index (χ1n) is 6.83. The summed E-state index contributed by atoms with van der Waals surface area (Å²) in [5.74, 6) is -0.763.